The molecule has 1 radical (unpaired) electrons. The van der Waals surface area contributed by atoms with Gasteiger partial charge in [-0.05, 0) is 6.42 Å². The van der Waals surface area contributed by atoms with E-state index in [9.17, 15) is 0 Å². The van der Waals surface area contributed by atoms with E-state index in [1.165, 1.54) is 25.7 Å². The molecule has 0 aliphatic carbocycles. The Labute approximate surface area is 85.8 Å². The van der Waals surface area contributed by atoms with Crippen LogP contribution in [0.3, 0.4) is 0 Å². The van der Waals surface area contributed by atoms with Crippen LogP contribution in [0, 0.1) is 6.42 Å². The topological polar surface area (TPSA) is 0 Å². The maximum atomic E-state index is 3.25. The van der Waals surface area contributed by atoms with E-state index in [0.717, 1.165) is 0 Å². The fourth-order valence-electron chi connectivity index (χ4n) is 0.553. The molecule has 0 aliphatic rings. The molecular formula is C7H15Br2Zn. The Morgan fingerprint density at radius 1 is 1.30 bits per heavy atom. The third-order valence-corrected chi connectivity index (χ3v) is 1.05. The molecule has 0 saturated heterocycles. The molecule has 0 fully saturated rings. The van der Waals surface area contributed by atoms with Crippen molar-refractivity contribution in [1.29, 1.82) is 0 Å². The molecule has 0 atom stereocenters. The number of halogens is 2. The Morgan fingerprint density at radius 3 is 2.10 bits per heavy atom. The van der Waals surface area contributed by atoms with Crippen LogP contribution in [-0.4, -0.2) is 0 Å². The van der Waals surface area contributed by atoms with Gasteiger partial charge >= 0.3 is 40.5 Å². The molecule has 0 aromatic heterocycles. The molecule has 0 rings (SSSR count). The predicted molar refractivity (Wildman–Crippen MR) is 52.0 cm³/mol. The second-order valence-electron chi connectivity index (χ2n) is 1.94. The number of rotatable bonds is 4. The molecule has 0 nitrogen and oxygen atoms in total. The maximum absolute atomic E-state index is 3.25. The van der Waals surface area contributed by atoms with Crippen LogP contribution in [0.2, 0.25) is 0 Å². The van der Waals surface area contributed by atoms with Crippen molar-refractivity contribution in [3.63, 3.8) is 0 Å². The van der Waals surface area contributed by atoms with E-state index in [1.54, 1.807) is 0 Å². The molecule has 3 heteroatoms. The minimum absolute atomic E-state index is 0.250. The van der Waals surface area contributed by atoms with E-state index >= 15 is 0 Å². The van der Waals surface area contributed by atoms with E-state index in [1.807, 2.05) is 0 Å². The van der Waals surface area contributed by atoms with Crippen LogP contribution in [-0.2, 0) is 13.2 Å². The summed E-state index contributed by atoms with van der Waals surface area (Å²) in [6.07, 6.45) is 7.58. The van der Waals surface area contributed by atoms with Crippen molar-refractivity contribution in [2.45, 2.75) is 39.5 Å². The first-order valence-corrected chi connectivity index (χ1v) is 17.7. The van der Waals surface area contributed by atoms with Crippen molar-refractivity contribution >= 4 is 27.2 Å². The Bertz CT molecular complexity index is 38.6. The molecule has 10 heavy (non-hydrogen) atoms. The molecule has 0 unspecified atom stereocenters. The first-order valence-electron chi connectivity index (χ1n) is 3.77. The zero-order valence-electron chi connectivity index (χ0n) is 6.87. The van der Waals surface area contributed by atoms with Crippen LogP contribution in [0.4, 0.5) is 0 Å². The van der Waals surface area contributed by atoms with E-state index in [-0.39, 0.29) is 13.2 Å². The van der Waals surface area contributed by atoms with Crippen molar-refractivity contribution in [3.05, 3.63) is 6.42 Å². The molecule has 0 bridgehead atoms. The standard InChI is InChI=1S/C7H15.2BrH.Zn/c1-3-5-7-6-4-2;;;/h5H,3-4,6-7H2,1-2H3;2*1H;/q;;;+2/p-2. The van der Waals surface area contributed by atoms with Crippen LogP contribution in [0.5, 0.6) is 0 Å². The van der Waals surface area contributed by atoms with Gasteiger partial charge in [0.25, 0.3) is 0 Å². The Kier molecular flexibility index (Phi) is 23.9. The Morgan fingerprint density at radius 2 is 1.80 bits per heavy atom. The molecule has 0 aromatic carbocycles. The van der Waals surface area contributed by atoms with Gasteiger partial charge in [0.2, 0.25) is 0 Å². The van der Waals surface area contributed by atoms with Crippen LogP contribution in [0.25, 0.3) is 0 Å². The van der Waals surface area contributed by atoms with E-state index in [0.29, 0.717) is 0 Å². The summed E-state index contributed by atoms with van der Waals surface area (Å²) in [5.41, 5.74) is 0. The second-order valence-corrected chi connectivity index (χ2v) is 16.0. The normalized spacial score (nSPS) is 7.60. The first kappa shape index (κ1) is 14.1. The van der Waals surface area contributed by atoms with Gasteiger partial charge in [0.1, 0.15) is 0 Å². The number of unbranched alkanes of at least 4 members (excludes halogenated alkanes) is 4. The molecule has 0 heterocycles. The van der Waals surface area contributed by atoms with Gasteiger partial charge in [-0.2, -0.15) is 0 Å². The van der Waals surface area contributed by atoms with Crippen LogP contribution >= 0.6 is 27.2 Å². The zero-order chi connectivity index (χ0) is 8.24. The summed E-state index contributed by atoms with van der Waals surface area (Å²) in [7, 11) is 0. The molecule has 59 valence electrons. The van der Waals surface area contributed by atoms with Gasteiger partial charge in [-0.1, -0.05) is 39.5 Å². The van der Waals surface area contributed by atoms with Crippen molar-refractivity contribution in [1.82, 2.24) is 0 Å². The van der Waals surface area contributed by atoms with Crippen molar-refractivity contribution in [2.24, 2.45) is 0 Å². The SMILES string of the molecule is CC[CH]CCCC.[Br][Zn][Br]. The predicted octanol–water partition coefficient (Wildman–Crippen LogP) is 4.48. The summed E-state index contributed by atoms with van der Waals surface area (Å²) >= 11 is 6.25. The first-order chi connectivity index (χ1) is 4.83. The van der Waals surface area contributed by atoms with E-state index in [4.69, 9.17) is 0 Å². The van der Waals surface area contributed by atoms with Gasteiger partial charge in [-0.25, -0.2) is 0 Å². The molecule has 0 amide bonds. The van der Waals surface area contributed by atoms with Crippen molar-refractivity contribution in [3.8, 4) is 0 Å². The van der Waals surface area contributed by atoms with Crippen LogP contribution < -0.4 is 0 Å². The van der Waals surface area contributed by atoms with Gasteiger partial charge < -0.3 is 0 Å². The van der Waals surface area contributed by atoms with Crippen LogP contribution in [0.15, 0.2) is 0 Å². The van der Waals surface area contributed by atoms with E-state index < -0.39 is 0 Å². The Balaban J connectivity index is 0. The quantitative estimate of drug-likeness (QED) is 0.528. The monoisotopic (exact) mass is 321 g/mol. The number of hydrogen-bond acceptors (Lipinski definition) is 0. The summed E-state index contributed by atoms with van der Waals surface area (Å²) in [6.45, 7) is 4.42. The van der Waals surface area contributed by atoms with Crippen molar-refractivity contribution < 1.29 is 13.2 Å². The van der Waals surface area contributed by atoms with E-state index in [2.05, 4.69) is 47.5 Å². The molecule has 0 saturated carbocycles. The third-order valence-electron chi connectivity index (χ3n) is 1.05. The fraction of sp³-hybridized carbons (Fsp3) is 0.857. The number of hydrogen-bond donors (Lipinski definition) is 0. The van der Waals surface area contributed by atoms with Crippen molar-refractivity contribution in [2.75, 3.05) is 0 Å². The third kappa shape index (κ3) is 22.6. The summed E-state index contributed by atoms with van der Waals surface area (Å²) in [4.78, 5) is 0. The molecule has 0 spiro atoms. The summed E-state index contributed by atoms with van der Waals surface area (Å²) in [6, 6.07) is 0. The summed E-state index contributed by atoms with van der Waals surface area (Å²) in [5, 5.41) is 0. The van der Waals surface area contributed by atoms with Gasteiger partial charge in [0.15, 0.2) is 0 Å². The van der Waals surface area contributed by atoms with Gasteiger partial charge in [0, 0.05) is 0 Å². The molecule has 0 N–H and O–H groups in total. The summed E-state index contributed by atoms with van der Waals surface area (Å²) in [5.74, 6) is 0. The van der Waals surface area contributed by atoms with Gasteiger partial charge in [-0.15, -0.1) is 0 Å². The average Bonchev–Trinajstić information content (AvgIpc) is 1.91. The summed E-state index contributed by atoms with van der Waals surface area (Å²) < 4.78 is 0. The zero-order valence-corrected chi connectivity index (χ0v) is 13.0. The average molecular weight is 324 g/mol. The van der Waals surface area contributed by atoms with Crippen LogP contribution in [0.1, 0.15) is 39.5 Å². The second kappa shape index (κ2) is 16.9. The molecule has 0 aliphatic heterocycles. The molecule has 0 aromatic rings. The minimum atomic E-state index is -0.250. The molecular weight excluding hydrogens is 309 g/mol. The fourth-order valence-corrected chi connectivity index (χ4v) is 0.553. The van der Waals surface area contributed by atoms with Gasteiger partial charge in [0.05, 0.1) is 0 Å². The Hall–Kier alpha value is 1.58. The van der Waals surface area contributed by atoms with Gasteiger partial charge in [-0.3, -0.25) is 0 Å².